The highest BCUT2D eigenvalue weighted by molar-refractivity contribution is 5.36. The topological polar surface area (TPSA) is 61.5 Å². The summed E-state index contributed by atoms with van der Waals surface area (Å²) in [4.78, 5) is 25.6. The van der Waals surface area contributed by atoms with Crippen molar-refractivity contribution in [2.24, 2.45) is 5.92 Å². The predicted molar refractivity (Wildman–Crippen MR) is 137 cm³/mol. The number of hydrogen-bond acceptors (Lipinski definition) is 5. The Bertz CT molecular complexity index is 1050. The van der Waals surface area contributed by atoms with Crippen molar-refractivity contribution in [1.82, 2.24) is 14.9 Å². The number of nitrogens with one attached hydrogen (secondary N) is 1. The van der Waals surface area contributed by atoms with Gasteiger partial charge in [0.2, 0.25) is 5.95 Å². The van der Waals surface area contributed by atoms with E-state index in [9.17, 15) is 4.79 Å². The Morgan fingerprint density at radius 3 is 2.06 bits per heavy atom. The normalized spacial score (nSPS) is 14.8. The quantitative estimate of drug-likeness (QED) is 0.512. The lowest BCUT2D eigenvalue weighted by molar-refractivity contribution is 0.180. The third-order valence-corrected chi connectivity index (χ3v) is 6.55. The Morgan fingerprint density at radius 1 is 0.941 bits per heavy atom. The van der Waals surface area contributed by atoms with E-state index in [2.05, 4.69) is 89.3 Å². The van der Waals surface area contributed by atoms with Crippen molar-refractivity contribution in [2.75, 3.05) is 38.2 Å². The van der Waals surface area contributed by atoms with Crippen molar-refractivity contribution in [2.45, 2.75) is 39.3 Å². The lowest BCUT2D eigenvalue weighted by Crippen LogP contribution is -2.49. The summed E-state index contributed by atoms with van der Waals surface area (Å²) in [6.45, 7) is 8.06. The Kier molecular flexibility index (Phi) is 8.14. The summed E-state index contributed by atoms with van der Waals surface area (Å²) in [7, 11) is 1.65. The molecule has 0 saturated carbocycles. The molecule has 0 atom stereocenters. The van der Waals surface area contributed by atoms with Crippen LogP contribution in [0.4, 0.5) is 5.95 Å². The van der Waals surface area contributed by atoms with Crippen molar-refractivity contribution in [3.63, 3.8) is 0 Å². The van der Waals surface area contributed by atoms with Crippen molar-refractivity contribution >= 4 is 5.95 Å². The van der Waals surface area contributed by atoms with Gasteiger partial charge in [0.15, 0.2) is 0 Å². The monoisotopic (exact) mass is 460 g/mol. The molecule has 6 nitrogen and oxygen atoms in total. The van der Waals surface area contributed by atoms with E-state index < -0.39 is 0 Å². The van der Waals surface area contributed by atoms with Gasteiger partial charge in [0.05, 0.1) is 18.3 Å². The van der Waals surface area contributed by atoms with E-state index in [0.717, 1.165) is 50.3 Å². The SMILES string of the molecule is COCc1nc(N2CCN(C(c3ccccc3)c3ccccc3)CC2)[nH]c(=O)c1CCC(C)C. The third-order valence-electron chi connectivity index (χ3n) is 6.55. The molecule has 1 aliphatic heterocycles. The van der Waals surface area contributed by atoms with Gasteiger partial charge in [-0.05, 0) is 29.9 Å². The summed E-state index contributed by atoms with van der Waals surface area (Å²) in [6.07, 6.45) is 1.68. The fraction of sp³-hybridized carbons (Fsp3) is 0.429. The molecule has 6 heteroatoms. The van der Waals surface area contributed by atoms with Crippen molar-refractivity contribution in [3.8, 4) is 0 Å². The molecule has 0 bridgehead atoms. The molecule has 0 unspecified atom stereocenters. The molecule has 4 rings (SSSR count). The molecule has 0 radical (unpaired) electrons. The van der Waals surface area contributed by atoms with Gasteiger partial charge in [-0.3, -0.25) is 14.7 Å². The Labute approximate surface area is 202 Å². The smallest absolute Gasteiger partial charge is 0.255 e. The van der Waals surface area contributed by atoms with Crippen molar-refractivity contribution in [3.05, 3.63) is 93.4 Å². The summed E-state index contributed by atoms with van der Waals surface area (Å²) < 4.78 is 5.38. The van der Waals surface area contributed by atoms with Crippen LogP contribution >= 0.6 is 0 Å². The third kappa shape index (κ3) is 5.75. The lowest BCUT2D eigenvalue weighted by Gasteiger charge is -2.40. The number of anilines is 1. The molecule has 1 aromatic heterocycles. The maximum Gasteiger partial charge on any atom is 0.255 e. The van der Waals surface area contributed by atoms with Gasteiger partial charge in [-0.25, -0.2) is 4.98 Å². The first kappa shape index (κ1) is 24.2. The average molecular weight is 461 g/mol. The maximum atomic E-state index is 12.9. The molecule has 1 fully saturated rings. The zero-order chi connectivity index (χ0) is 23.9. The highest BCUT2D eigenvalue weighted by atomic mass is 16.5. The molecule has 34 heavy (non-hydrogen) atoms. The first-order chi connectivity index (χ1) is 16.6. The predicted octanol–water partition coefficient (Wildman–Crippen LogP) is 4.42. The van der Waals surface area contributed by atoms with Crippen LogP contribution in [0.25, 0.3) is 0 Å². The summed E-state index contributed by atoms with van der Waals surface area (Å²) in [6, 6.07) is 21.6. The van der Waals surface area contributed by atoms with Gasteiger partial charge in [-0.1, -0.05) is 74.5 Å². The van der Waals surface area contributed by atoms with Gasteiger partial charge in [0, 0.05) is 38.9 Å². The number of piperazine rings is 1. The molecule has 0 aliphatic carbocycles. The van der Waals surface area contributed by atoms with Crippen molar-refractivity contribution < 1.29 is 4.74 Å². The van der Waals surface area contributed by atoms with Crippen LogP contribution in [0.1, 0.15) is 48.7 Å². The highest BCUT2D eigenvalue weighted by Gasteiger charge is 2.27. The van der Waals surface area contributed by atoms with Gasteiger partial charge in [0.1, 0.15) is 0 Å². The van der Waals surface area contributed by atoms with Gasteiger partial charge in [-0.2, -0.15) is 0 Å². The van der Waals surface area contributed by atoms with Crippen LogP contribution in [0, 0.1) is 5.92 Å². The number of ether oxygens (including phenoxy) is 1. The van der Waals surface area contributed by atoms with Crippen LogP contribution in [0.5, 0.6) is 0 Å². The van der Waals surface area contributed by atoms with Gasteiger partial charge < -0.3 is 9.64 Å². The van der Waals surface area contributed by atoms with E-state index in [0.29, 0.717) is 18.5 Å². The van der Waals surface area contributed by atoms with Crippen LogP contribution in [-0.2, 0) is 17.8 Å². The maximum absolute atomic E-state index is 12.9. The number of nitrogens with zero attached hydrogens (tertiary/aromatic N) is 3. The second-order valence-corrected chi connectivity index (χ2v) is 9.43. The first-order valence-electron chi connectivity index (χ1n) is 12.3. The van der Waals surface area contributed by atoms with Gasteiger partial charge in [0.25, 0.3) is 5.56 Å². The fourth-order valence-corrected chi connectivity index (χ4v) is 4.70. The van der Waals surface area contributed by atoms with Crippen LogP contribution in [0.3, 0.4) is 0 Å². The van der Waals surface area contributed by atoms with E-state index in [-0.39, 0.29) is 11.6 Å². The molecule has 1 N–H and O–H groups in total. The Morgan fingerprint density at radius 2 is 1.53 bits per heavy atom. The fourth-order valence-electron chi connectivity index (χ4n) is 4.70. The number of benzene rings is 2. The van der Waals surface area contributed by atoms with Crippen LogP contribution in [0.15, 0.2) is 65.5 Å². The van der Waals surface area contributed by atoms with Crippen LogP contribution in [-0.4, -0.2) is 48.2 Å². The number of hydrogen-bond donors (Lipinski definition) is 1. The Hall–Kier alpha value is -2.96. The zero-order valence-electron chi connectivity index (χ0n) is 20.5. The minimum atomic E-state index is -0.0356. The number of methoxy groups -OCH3 is 1. The van der Waals surface area contributed by atoms with E-state index in [1.54, 1.807) is 7.11 Å². The molecule has 1 aliphatic rings. The Balaban J connectivity index is 1.53. The molecule has 2 heterocycles. The second-order valence-electron chi connectivity index (χ2n) is 9.43. The lowest BCUT2D eigenvalue weighted by atomic mass is 9.96. The molecule has 0 spiro atoms. The van der Waals surface area contributed by atoms with E-state index in [1.807, 2.05) is 0 Å². The second kappa shape index (κ2) is 11.4. The molecule has 1 saturated heterocycles. The first-order valence-corrected chi connectivity index (χ1v) is 12.3. The van der Waals surface area contributed by atoms with Crippen LogP contribution in [0.2, 0.25) is 0 Å². The number of rotatable bonds is 9. The number of H-pyrrole nitrogens is 1. The molecular weight excluding hydrogens is 424 g/mol. The summed E-state index contributed by atoms with van der Waals surface area (Å²) in [5, 5.41) is 0. The van der Waals surface area contributed by atoms with Crippen LogP contribution < -0.4 is 10.5 Å². The summed E-state index contributed by atoms with van der Waals surface area (Å²) in [5.41, 5.74) is 4.07. The van der Waals surface area contributed by atoms with Gasteiger partial charge in [-0.15, -0.1) is 0 Å². The minimum Gasteiger partial charge on any atom is -0.378 e. The minimum absolute atomic E-state index is 0.0356. The number of aromatic nitrogens is 2. The molecule has 180 valence electrons. The average Bonchev–Trinajstić information content (AvgIpc) is 2.85. The standard InChI is InChI=1S/C28H36N4O2/c1-21(2)14-15-24-25(20-34-3)29-28(30-27(24)33)32-18-16-31(17-19-32)26(22-10-6-4-7-11-22)23-12-8-5-9-13-23/h4-13,21,26H,14-20H2,1-3H3,(H,29,30,33). The van der Waals surface area contributed by atoms with E-state index in [4.69, 9.17) is 9.72 Å². The van der Waals surface area contributed by atoms with Gasteiger partial charge >= 0.3 is 0 Å². The molecule has 0 amide bonds. The molecule has 2 aromatic carbocycles. The van der Waals surface area contributed by atoms with E-state index >= 15 is 0 Å². The van der Waals surface area contributed by atoms with E-state index in [1.165, 1.54) is 11.1 Å². The number of aromatic amines is 1. The summed E-state index contributed by atoms with van der Waals surface area (Å²) >= 11 is 0. The zero-order valence-corrected chi connectivity index (χ0v) is 20.5. The highest BCUT2D eigenvalue weighted by Crippen LogP contribution is 2.30. The molecular formula is C28H36N4O2. The summed E-state index contributed by atoms with van der Waals surface area (Å²) in [5.74, 6) is 1.19. The molecule has 3 aromatic rings. The largest absolute Gasteiger partial charge is 0.378 e. The van der Waals surface area contributed by atoms with Crippen molar-refractivity contribution in [1.29, 1.82) is 0 Å².